The number of anilines is 9. The van der Waals surface area contributed by atoms with Crippen LogP contribution in [0.2, 0.25) is 0 Å². The van der Waals surface area contributed by atoms with Gasteiger partial charge in [0.15, 0.2) is 0 Å². The molecule has 284 valence electrons. The van der Waals surface area contributed by atoms with E-state index < -0.39 is 0 Å². The second kappa shape index (κ2) is 11.9. The molecule has 6 aliphatic heterocycles. The van der Waals surface area contributed by atoms with Crippen molar-refractivity contribution in [3.05, 3.63) is 194 Å². The third kappa shape index (κ3) is 4.12. The van der Waals surface area contributed by atoms with Crippen LogP contribution in [0.25, 0.3) is 0 Å². The molecule has 0 aliphatic carbocycles. The highest BCUT2D eigenvalue weighted by Gasteiger charge is 2.52. The van der Waals surface area contributed by atoms with Crippen LogP contribution in [0.3, 0.4) is 0 Å². The Morgan fingerprint density at radius 1 is 0.274 bits per heavy atom. The topological polar surface area (TPSA) is 28.2 Å². The smallest absolute Gasteiger partial charge is 0.260 e. The summed E-state index contributed by atoms with van der Waals surface area (Å²) in [4.78, 5) is 7.61. The minimum atomic E-state index is -0.0574. The van der Waals surface area contributed by atoms with E-state index in [0.29, 0.717) is 0 Å². The fourth-order valence-electron chi connectivity index (χ4n) is 11.8. The fourth-order valence-corrected chi connectivity index (χ4v) is 11.8. The van der Waals surface area contributed by atoms with Gasteiger partial charge in [0.1, 0.15) is 23.0 Å². The number of hydrogen-bond acceptors (Lipinski definition) is 5. The Morgan fingerprint density at radius 3 is 1.34 bits per heavy atom. The van der Waals surface area contributed by atoms with Crippen LogP contribution in [0.4, 0.5) is 51.2 Å². The first-order valence-electron chi connectivity index (χ1n) is 21.5. The first-order valence-corrected chi connectivity index (χ1v) is 21.5. The molecular formula is C54H32B3N3O2. The molecule has 0 amide bonds. The van der Waals surface area contributed by atoms with Crippen LogP contribution in [0.5, 0.6) is 23.0 Å². The number of ether oxygens (including phenoxy) is 2. The van der Waals surface area contributed by atoms with Crippen molar-refractivity contribution in [3.8, 4) is 23.0 Å². The summed E-state index contributed by atoms with van der Waals surface area (Å²) in [6.07, 6.45) is 0. The van der Waals surface area contributed by atoms with E-state index in [9.17, 15) is 0 Å². The third-order valence-electron chi connectivity index (χ3n) is 14.1. The van der Waals surface area contributed by atoms with E-state index in [4.69, 9.17) is 9.47 Å². The molecule has 0 spiro atoms. The molecule has 6 heterocycles. The molecule has 5 nitrogen and oxygen atoms in total. The van der Waals surface area contributed by atoms with Gasteiger partial charge in [0.2, 0.25) is 0 Å². The molecule has 0 atom stereocenters. The molecule has 15 rings (SSSR count). The number of benzene rings is 9. The van der Waals surface area contributed by atoms with Crippen molar-refractivity contribution in [2.45, 2.75) is 0 Å². The Balaban J connectivity index is 1.09. The van der Waals surface area contributed by atoms with Gasteiger partial charge in [0.25, 0.3) is 20.1 Å². The Kier molecular flexibility index (Phi) is 6.34. The molecule has 0 saturated carbocycles. The molecule has 0 unspecified atom stereocenters. The molecule has 6 aliphatic rings. The molecule has 62 heavy (non-hydrogen) atoms. The van der Waals surface area contributed by atoms with Crippen LogP contribution >= 0.6 is 0 Å². The Hall–Kier alpha value is -7.83. The zero-order valence-electron chi connectivity index (χ0n) is 33.4. The van der Waals surface area contributed by atoms with E-state index in [2.05, 4.69) is 203 Å². The summed E-state index contributed by atoms with van der Waals surface area (Å²) in [6, 6.07) is 71.1. The quantitative estimate of drug-likeness (QED) is 0.175. The van der Waals surface area contributed by atoms with Gasteiger partial charge in [-0.2, -0.15) is 0 Å². The van der Waals surface area contributed by atoms with E-state index in [-0.39, 0.29) is 20.1 Å². The summed E-state index contributed by atoms with van der Waals surface area (Å²) in [5, 5.41) is 0. The molecule has 0 aromatic heterocycles. The van der Waals surface area contributed by atoms with Gasteiger partial charge < -0.3 is 24.2 Å². The lowest BCUT2D eigenvalue weighted by atomic mass is 9.28. The van der Waals surface area contributed by atoms with Gasteiger partial charge in [0, 0.05) is 62.7 Å². The molecule has 8 heteroatoms. The highest BCUT2D eigenvalue weighted by Crippen LogP contribution is 2.50. The van der Waals surface area contributed by atoms with Gasteiger partial charge in [-0.25, -0.2) is 0 Å². The molecule has 9 aromatic rings. The predicted molar refractivity (Wildman–Crippen MR) is 257 cm³/mol. The number of para-hydroxylation sites is 6. The maximum Gasteiger partial charge on any atom is 0.260 e. The number of hydrogen-bond donors (Lipinski definition) is 0. The number of fused-ring (bicyclic) bond motifs is 14. The highest BCUT2D eigenvalue weighted by atomic mass is 16.5. The SMILES string of the molecule is c1ccc(N2c3ccccc3B3c4ccccc4N4c5ccccc5B5c6cc7c(cc6N(c6ccccc6)c6cc2c3c4c65)Oc2cccc3c2B7c2ccccc2O3)cc1. The van der Waals surface area contributed by atoms with Crippen LogP contribution in [0.15, 0.2) is 194 Å². The lowest BCUT2D eigenvalue weighted by Crippen LogP contribution is -2.69. The average molecular weight is 787 g/mol. The molecule has 0 bridgehead atoms. The average Bonchev–Trinajstić information content (AvgIpc) is 3.33. The van der Waals surface area contributed by atoms with Gasteiger partial charge in [-0.1, -0.05) is 121 Å². The largest absolute Gasteiger partial charge is 0.458 e. The Bertz CT molecular complexity index is 3420. The molecule has 0 saturated heterocycles. The molecule has 0 N–H and O–H groups in total. The second-order valence-corrected chi connectivity index (χ2v) is 17.1. The highest BCUT2D eigenvalue weighted by molar-refractivity contribution is 7.05. The van der Waals surface area contributed by atoms with E-state index in [1.165, 1.54) is 66.9 Å². The molecule has 0 radical (unpaired) electrons. The maximum atomic E-state index is 7.01. The Morgan fingerprint density at radius 2 is 0.726 bits per heavy atom. The van der Waals surface area contributed by atoms with Crippen molar-refractivity contribution >= 4 is 120 Å². The lowest BCUT2D eigenvalue weighted by molar-refractivity contribution is 0.464. The Labute approximate surface area is 360 Å². The zero-order valence-corrected chi connectivity index (χ0v) is 33.4. The first-order chi connectivity index (χ1) is 30.8. The summed E-state index contributed by atoms with van der Waals surface area (Å²) in [5.74, 6) is 3.47. The van der Waals surface area contributed by atoms with Gasteiger partial charge in [0.05, 0.1) is 0 Å². The van der Waals surface area contributed by atoms with Crippen molar-refractivity contribution in [1.29, 1.82) is 0 Å². The van der Waals surface area contributed by atoms with Gasteiger partial charge in [-0.05, 0) is 110 Å². The van der Waals surface area contributed by atoms with E-state index >= 15 is 0 Å². The minimum Gasteiger partial charge on any atom is -0.458 e. The fraction of sp³-hybridized carbons (Fsp3) is 0. The zero-order chi connectivity index (χ0) is 40.2. The van der Waals surface area contributed by atoms with Crippen molar-refractivity contribution in [1.82, 2.24) is 0 Å². The van der Waals surface area contributed by atoms with Gasteiger partial charge >= 0.3 is 0 Å². The van der Waals surface area contributed by atoms with Crippen molar-refractivity contribution in [2.75, 3.05) is 14.7 Å². The van der Waals surface area contributed by atoms with E-state index in [0.717, 1.165) is 56.4 Å². The third-order valence-corrected chi connectivity index (χ3v) is 14.1. The van der Waals surface area contributed by atoms with Crippen LogP contribution < -0.4 is 73.3 Å². The maximum absolute atomic E-state index is 7.01. The summed E-state index contributed by atoms with van der Waals surface area (Å²) < 4.78 is 13.6. The van der Waals surface area contributed by atoms with Crippen LogP contribution in [0, 0.1) is 0 Å². The van der Waals surface area contributed by atoms with Crippen molar-refractivity contribution in [2.24, 2.45) is 0 Å². The van der Waals surface area contributed by atoms with Gasteiger partial charge in [-0.15, -0.1) is 0 Å². The van der Waals surface area contributed by atoms with Gasteiger partial charge in [-0.3, -0.25) is 0 Å². The summed E-state index contributed by atoms with van der Waals surface area (Å²) in [6.45, 7) is -0.0637. The van der Waals surface area contributed by atoms with Crippen LogP contribution in [-0.4, -0.2) is 20.1 Å². The van der Waals surface area contributed by atoms with E-state index in [1.807, 2.05) is 6.07 Å². The summed E-state index contributed by atoms with van der Waals surface area (Å²) in [7, 11) is 0. The standard InChI is InChI=1S/C54H32B3N3O2/c1-3-16-33(17-4-1)58-41-24-11-7-20-35(41)55-36-21-8-12-25-42(36)60-43-26-13-9-22-37(43)56-39-30-40-50(62-49-29-15-28-48-53(49)57(40)38-23-10-14-27-47(38)61-48)32-44(39)59(34-18-5-2-6-19-34)46-31-45(58)51(55)54(60)52(46)56/h1-32H. The normalized spacial score (nSPS) is 14.5. The molecular weight excluding hydrogens is 755 g/mol. The number of nitrogens with zero attached hydrogens (tertiary/aromatic N) is 3. The van der Waals surface area contributed by atoms with E-state index in [1.54, 1.807) is 0 Å². The van der Waals surface area contributed by atoms with Crippen molar-refractivity contribution < 1.29 is 9.47 Å². The number of rotatable bonds is 2. The predicted octanol–water partition coefficient (Wildman–Crippen LogP) is 7.11. The summed E-state index contributed by atoms with van der Waals surface area (Å²) >= 11 is 0. The van der Waals surface area contributed by atoms with Crippen LogP contribution in [-0.2, 0) is 0 Å². The second-order valence-electron chi connectivity index (χ2n) is 17.1. The lowest BCUT2D eigenvalue weighted by Gasteiger charge is -2.51. The monoisotopic (exact) mass is 787 g/mol. The van der Waals surface area contributed by atoms with Crippen LogP contribution in [0.1, 0.15) is 0 Å². The summed E-state index contributed by atoms with van der Waals surface area (Å²) in [5.41, 5.74) is 22.0. The molecule has 9 aromatic carbocycles. The first kappa shape index (κ1) is 33.0. The minimum absolute atomic E-state index is 0.0389. The van der Waals surface area contributed by atoms with Crippen molar-refractivity contribution in [3.63, 3.8) is 0 Å². The molecule has 0 fully saturated rings.